The minimum Gasteiger partial charge on any atom is -0.322 e. The number of carbonyl (C=O) groups is 1. The monoisotopic (exact) mass is 289 g/mol. The molecule has 0 aromatic heterocycles. The van der Waals surface area contributed by atoms with Crippen molar-refractivity contribution in [1.82, 2.24) is 0 Å². The van der Waals surface area contributed by atoms with E-state index in [0.717, 1.165) is 12.1 Å². The molecule has 0 saturated carbocycles. The topological polar surface area (TPSA) is 115 Å². The van der Waals surface area contributed by atoms with Crippen LogP contribution in [0.15, 0.2) is 16.6 Å². The van der Waals surface area contributed by atoms with Crippen LogP contribution in [-0.4, -0.2) is 16.3 Å². The second-order valence-electron chi connectivity index (χ2n) is 2.60. The predicted molar refractivity (Wildman–Crippen MR) is 57.1 cm³/mol. The standard InChI is InChI=1S/C7H4BrN3O5/c8-5-1-4(10(13)14)2-6(11(15)16)7(5)9-3-12/h1-3H,(H,9,12). The summed E-state index contributed by atoms with van der Waals surface area (Å²) in [5.74, 6) is 0. The molecule has 0 unspecified atom stereocenters. The van der Waals surface area contributed by atoms with Gasteiger partial charge in [0, 0.05) is 6.07 Å². The van der Waals surface area contributed by atoms with E-state index in [1.54, 1.807) is 0 Å². The minimum atomic E-state index is -0.816. The molecular weight excluding hydrogens is 286 g/mol. The number of anilines is 1. The van der Waals surface area contributed by atoms with Crippen molar-refractivity contribution in [3.8, 4) is 0 Å². The number of halogens is 1. The molecule has 0 radical (unpaired) electrons. The van der Waals surface area contributed by atoms with Gasteiger partial charge in [-0.2, -0.15) is 0 Å². The summed E-state index contributed by atoms with van der Waals surface area (Å²) in [4.78, 5) is 29.8. The molecule has 0 aliphatic rings. The van der Waals surface area contributed by atoms with Crippen molar-refractivity contribution < 1.29 is 14.6 Å². The normalized spacial score (nSPS) is 9.56. The molecule has 84 valence electrons. The maximum atomic E-state index is 10.6. The van der Waals surface area contributed by atoms with Gasteiger partial charge in [0.15, 0.2) is 0 Å². The average Bonchev–Trinajstić information content (AvgIpc) is 2.20. The van der Waals surface area contributed by atoms with Crippen molar-refractivity contribution in [2.45, 2.75) is 0 Å². The molecule has 1 aromatic carbocycles. The number of amides is 1. The Morgan fingerprint density at radius 1 is 1.25 bits per heavy atom. The van der Waals surface area contributed by atoms with Gasteiger partial charge in [-0.3, -0.25) is 25.0 Å². The van der Waals surface area contributed by atoms with Crippen LogP contribution in [0.4, 0.5) is 17.1 Å². The number of nitro benzene ring substituents is 2. The Kier molecular flexibility index (Phi) is 3.51. The van der Waals surface area contributed by atoms with Crippen molar-refractivity contribution >= 4 is 39.4 Å². The third-order valence-corrected chi connectivity index (χ3v) is 2.29. The van der Waals surface area contributed by atoms with Gasteiger partial charge in [0.1, 0.15) is 5.69 Å². The van der Waals surface area contributed by atoms with Gasteiger partial charge in [-0.15, -0.1) is 0 Å². The largest absolute Gasteiger partial charge is 0.322 e. The van der Waals surface area contributed by atoms with E-state index in [1.165, 1.54) is 0 Å². The highest BCUT2D eigenvalue weighted by atomic mass is 79.9. The Labute approximate surface area is 96.7 Å². The third kappa shape index (κ3) is 2.31. The van der Waals surface area contributed by atoms with Crippen LogP contribution in [0.2, 0.25) is 0 Å². The van der Waals surface area contributed by atoms with E-state index in [-0.39, 0.29) is 16.6 Å². The highest BCUT2D eigenvalue weighted by Gasteiger charge is 2.22. The fourth-order valence-corrected chi connectivity index (χ4v) is 1.58. The Morgan fingerprint density at radius 2 is 1.88 bits per heavy atom. The summed E-state index contributed by atoms with van der Waals surface area (Å²) in [6.07, 6.45) is 0.249. The summed E-state index contributed by atoms with van der Waals surface area (Å²) in [5, 5.41) is 23.2. The van der Waals surface area contributed by atoms with Crippen molar-refractivity contribution in [1.29, 1.82) is 0 Å². The Hall–Kier alpha value is -2.03. The van der Waals surface area contributed by atoms with Gasteiger partial charge in [0.2, 0.25) is 6.41 Å². The number of nitro groups is 2. The van der Waals surface area contributed by atoms with E-state index in [0.29, 0.717) is 0 Å². The van der Waals surface area contributed by atoms with Gasteiger partial charge < -0.3 is 5.32 Å². The van der Waals surface area contributed by atoms with Crippen LogP contribution >= 0.6 is 15.9 Å². The van der Waals surface area contributed by atoms with E-state index in [1.807, 2.05) is 0 Å². The SMILES string of the molecule is O=CNc1c(Br)cc([N+](=O)[O-])cc1[N+](=O)[O-]. The van der Waals surface area contributed by atoms with Crippen molar-refractivity contribution in [3.05, 3.63) is 36.8 Å². The third-order valence-electron chi connectivity index (χ3n) is 1.66. The highest BCUT2D eigenvalue weighted by molar-refractivity contribution is 9.10. The first kappa shape index (κ1) is 12.0. The number of hydrogen-bond acceptors (Lipinski definition) is 5. The minimum absolute atomic E-state index is 0.0699. The van der Waals surface area contributed by atoms with E-state index >= 15 is 0 Å². The van der Waals surface area contributed by atoms with Gasteiger partial charge in [0.05, 0.1) is 20.4 Å². The molecule has 1 rings (SSSR count). The highest BCUT2D eigenvalue weighted by Crippen LogP contribution is 2.36. The molecule has 0 fully saturated rings. The first-order valence-corrected chi connectivity index (χ1v) is 4.59. The lowest BCUT2D eigenvalue weighted by molar-refractivity contribution is -0.393. The maximum Gasteiger partial charge on any atom is 0.300 e. The summed E-state index contributed by atoms with van der Waals surface area (Å²) in [6, 6.07) is 1.84. The summed E-state index contributed by atoms with van der Waals surface area (Å²) >= 11 is 2.91. The molecule has 0 saturated heterocycles. The fraction of sp³-hybridized carbons (Fsp3) is 0. The van der Waals surface area contributed by atoms with Crippen LogP contribution in [-0.2, 0) is 4.79 Å². The molecule has 0 heterocycles. The Balaban J connectivity index is 3.44. The lowest BCUT2D eigenvalue weighted by Gasteiger charge is -2.03. The van der Waals surface area contributed by atoms with Gasteiger partial charge in [-0.1, -0.05) is 0 Å². The molecule has 0 aliphatic heterocycles. The molecule has 0 bridgehead atoms. The lowest BCUT2D eigenvalue weighted by atomic mass is 10.2. The van der Waals surface area contributed by atoms with Crippen molar-refractivity contribution in [3.63, 3.8) is 0 Å². The van der Waals surface area contributed by atoms with E-state index in [2.05, 4.69) is 21.2 Å². The van der Waals surface area contributed by atoms with E-state index < -0.39 is 21.2 Å². The first-order valence-electron chi connectivity index (χ1n) is 3.80. The van der Waals surface area contributed by atoms with Crippen LogP contribution in [0.25, 0.3) is 0 Å². The zero-order valence-corrected chi connectivity index (χ0v) is 9.13. The van der Waals surface area contributed by atoms with Crippen LogP contribution in [0.3, 0.4) is 0 Å². The second kappa shape index (κ2) is 4.66. The summed E-state index contributed by atoms with van der Waals surface area (Å²) in [6.45, 7) is 0. The number of benzene rings is 1. The number of nitrogens with one attached hydrogen (secondary N) is 1. The Bertz CT molecular complexity index is 475. The van der Waals surface area contributed by atoms with Crippen LogP contribution in [0.1, 0.15) is 0 Å². The molecule has 0 aliphatic carbocycles. The van der Waals surface area contributed by atoms with E-state index in [4.69, 9.17) is 0 Å². The molecule has 1 N–H and O–H groups in total. The average molecular weight is 290 g/mol. The summed E-state index contributed by atoms with van der Waals surface area (Å²) in [5.41, 5.74) is -1.10. The van der Waals surface area contributed by atoms with Crippen LogP contribution in [0, 0.1) is 20.2 Å². The molecule has 0 atom stereocenters. The molecular formula is C7H4BrN3O5. The summed E-state index contributed by atoms with van der Waals surface area (Å²) in [7, 11) is 0. The Morgan fingerprint density at radius 3 is 2.31 bits per heavy atom. The zero-order chi connectivity index (χ0) is 12.3. The molecule has 9 heteroatoms. The van der Waals surface area contributed by atoms with Crippen molar-refractivity contribution in [2.24, 2.45) is 0 Å². The number of non-ortho nitro benzene ring substituents is 1. The van der Waals surface area contributed by atoms with Gasteiger partial charge >= 0.3 is 5.69 Å². The van der Waals surface area contributed by atoms with Gasteiger partial charge in [-0.05, 0) is 15.9 Å². The lowest BCUT2D eigenvalue weighted by Crippen LogP contribution is -2.01. The number of nitrogens with zero attached hydrogens (tertiary/aromatic N) is 2. The summed E-state index contributed by atoms with van der Waals surface area (Å²) < 4.78 is 0.0699. The molecule has 0 spiro atoms. The molecule has 1 aromatic rings. The smallest absolute Gasteiger partial charge is 0.300 e. The predicted octanol–water partition coefficient (Wildman–Crippen LogP) is 1.83. The first-order chi connectivity index (χ1) is 7.47. The van der Waals surface area contributed by atoms with E-state index in [9.17, 15) is 25.0 Å². The van der Waals surface area contributed by atoms with Gasteiger partial charge in [0.25, 0.3) is 5.69 Å². The maximum absolute atomic E-state index is 10.6. The quantitative estimate of drug-likeness (QED) is 0.516. The van der Waals surface area contributed by atoms with Crippen LogP contribution < -0.4 is 5.32 Å². The molecule has 1 amide bonds. The number of carbonyl (C=O) groups excluding carboxylic acids is 1. The fourth-order valence-electron chi connectivity index (χ4n) is 1.03. The van der Waals surface area contributed by atoms with Gasteiger partial charge in [-0.25, -0.2) is 0 Å². The second-order valence-corrected chi connectivity index (χ2v) is 3.45. The zero-order valence-electron chi connectivity index (χ0n) is 7.55. The molecule has 8 nitrogen and oxygen atoms in total. The number of rotatable bonds is 4. The number of hydrogen-bond donors (Lipinski definition) is 1. The van der Waals surface area contributed by atoms with Crippen molar-refractivity contribution in [2.75, 3.05) is 5.32 Å². The molecule has 16 heavy (non-hydrogen) atoms. The van der Waals surface area contributed by atoms with Crippen LogP contribution in [0.5, 0.6) is 0 Å².